The molecular formula is C8H5F2NO. The molecule has 0 aliphatic carbocycles. The second-order valence-corrected chi connectivity index (χ2v) is 2.19. The van der Waals surface area contributed by atoms with Crippen LogP contribution >= 0.6 is 0 Å². The monoisotopic (exact) mass is 169 g/mol. The van der Waals surface area contributed by atoms with Crippen molar-refractivity contribution in [2.75, 3.05) is 0 Å². The van der Waals surface area contributed by atoms with Crippen molar-refractivity contribution in [2.45, 2.75) is 6.42 Å². The maximum atomic E-state index is 12.8. The Bertz CT molecular complexity index is 344. The molecule has 0 spiro atoms. The molecule has 0 amide bonds. The molecule has 0 aromatic heterocycles. The average molecular weight is 169 g/mol. The van der Waals surface area contributed by atoms with Crippen LogP contribution in [0.15, 0.2) is 12.1 Å². The first-order valence-electron chi connectivity index (χ1n) is 3.19. The number of halogens is 2. The molecule has 0 unspecified atom stereocenters. The lowest BCUT2D eigenvalue weighted by Gasteiger charge is -2.01. The van der Waals surface area contributed by atoms with Crippen LogP contribution in [0.4, 0.5) is 8.78 Å². The Morgan fingerprint density at radius 3 is 2.67 bits per heavy atom. The van der Waals surface area contributed by atoms with Gasteiger partial charge in [0.15, 0.2) is 11.6 Å². The van der Waals surface area contributed by atoms with Gasteiger partial charge in [-0.15, -0.1) is 0 Å². The van der Waals surface area contributed by atoms with Crippen LogP contribution in [0.5, 0.6) is 5.75 Å². The number of nitrogens with zero attached hydrogens (tertiary/aromatic N) is 1. The Balaban J connectivity index is 3.25. The van der Waals surface area contributed by atoms with Gasteiger partial charge in [-0.3, -0.25) is 0 Å². The zero-order chi connectivity index (χ0) is 9.14. The van der Waals surface area contributed by atoms with E-state index in [2.05, 4.69) is 0 Å². The predicted octanol–water partition coefficient (Wildman–Crippen LogP) is 1.74. The van der Waals surface area contributed by atoms with Gasteiger partial charge in [-0.1, -0.05) is 0 Å². The fourth-order valence-corrected chi connectivity index (χ4v) is 0.830. The summed E-state index contributed by atoms with van der Waals surface area (Å²) < 4.78 is 25.3. The zero-order valence-electron chi connectivity index (χ0n) is 6.01. The van der Waals surface area contributed by atoms with Gasteiger partial charge in [-0.05, 0) is 12.1 Å². The van der Waals surface area contributed by atoms with Gasteiger partial charge in [0.05, 0.1) is 12.5 Å². The molecule has 1 N–H and O–H groups in total. The number of nitriles is 1. The van der Waals surface area contributed by atoms with Gasteiger partial charge in [0.1, 0.15) is 5.75 Å². The van der Waals surface area contributed by atoms with Crippen LogP contribution in [0, 0.1) is 23.0 Å². The second-order valence-electron chi connectivity index (χ2n) is 2.19. The highest BCUT2D eigenvalue weighted by Crippen LogP contribution is 2.22. The van der Waals surface area contributed by atoms with Crippen molar-refractivity contribution in [3.05, 3.63) is 29.3 Å². The van der Waals surface area contributed by atoms with Gasteiger partial charge in [-0.25, -0.2) is 8.78 Å². The number of hydrogen-bond donors (Lipinski definition) is 1. The summed E-state index contributed by atoms with van der Waals surface area (Å²) in [5, 5.41) is 17.2. The molecule has 0 radical (unpaired) electrons. The molecule has 0 aliphatic rings. The van der Waals surface area contributed by atoms with E-state index in [0.29, 0.717) is 0 Å². The third-order valence-electron chi connectivity index (χ3n) is 1.43. The summed E-state index contributed by atoms with van der Waals surface area (Å²) in [5.41, 5.74) is -0.294. The first-order valence-corrected chi connectivity index (χ1v) is 3.19. The molecule has 0 saturated heterocycles. The molecule has 0 aliphatic heterocycles. The van der Waals surface area contributed by atoms with E-state index in [4.69, 9.17) is 10.4 Å². The average Bonchev–Trinajstić information content (AvgIpc) is 2.06. The molecule has 0 saturated carbocycles. The fraction of sp³-hybridized carbons (Fsp3) is 0.125. The van der Waals surface area contributed by atoms with Gasteiger partial charge in [0.2, 0.25) is 0 Å². The third-order valence-corrected chi connectivity index (χ3v) is 1.43. The highest BCUT2D eigenvalue weighted by atomic mass is 19.2. The van der Waals surface area contributed by atoms with Crippen molar-refractivity contribution in [2.24, 2.45) is 0 Å². The number of phenolic OH excluding ortho intramolecular Hbond substituents is 1. The lowest BCUT2D eigenvalue weighted by molar-refractivity contribution is 0.444. The Morgan fingerprint density at radius 1 is 1.42 bits per heavy atom. The first-order chi connectivity index (χ1) is 5.66. The van der Waals surface area contributed by atoms with E-state index in [9.17, 15) is 8.78 Å². The van der Waals surface area contributed by atoms with Crippen molar-refractivity contribution in [1.82, 2.24) is 0 Å². The van der Waals surface area contributed by atoms with E-state index in [0.717, 1.165) is 12.1 Å². The minimum Gasteiger partial charge on any atom is -0.508 e. The Hall–Kier alpha value is -1.63. The fourth-order valence-electron chi connectivity index (χ4n) is 0.830. The molecule has 0 heterocycles. The van der Waals surface area contributed by atoms with Crippen LogP contribution in [0.2, 0.25) is 0 Å². The number of hydrogen-bond acceptors (Lipinski definition) is 2. The van der Waals surface area contributed by atoms with E-state index >= 15 is 0 Å². The van der Waals surface area contributed by atoms with E-state index in [1.54, 1.807) is 6.07 Å². The van der Waals surface area contributed by atoms with E-state index in [1.807, 2.05) is 0 Å². The van der Waals surface area contributed by atoms with E-state index in [1.165, 1.54) is 0 Å². The summed E-state index contributed by atoms with van der Waals surface area (Å²) in [6.45, 7) is 0. The largest absolute Gasteiger partial charge is 0.508 e. The van der Waals surface area contributed by atoms with Crippen LogP contribution in [0.25, 0.3) is 0 Å². The molecule has 62 valence electrons. The highest BCUT2D eigenvalue weighted by Gasteiger charge is 2.11. The Kier molecular flexibility index (Phi) is 2.24. The Labute approximate surface area is 67.7 Å². The molecule has 12 heavy (non-hydrogen) atoms. The maximum Gasteiger partial charge on any atom is 0.166 e. The predicted molar refractivity (Wildman–Crippen MR) is 37.3 cm³/mol. The topological polar surface area (TPSA) is 44.0 Å². The number of phenols is 1. The molecule has 0 fully saturated rings. The molecule has 4 heteroatoms. The van der Waals surface area contributed by atoms with Crippen LogP contribution in [-0.4, -0.2) is 5.11 Å². The smallest absolute Gasteiger partial charge is 0.166 e. The lowest BCUT2D eigenvalue weighted by Crippen LogP contribution is -1.93. The third kappa shape index (κ3) is 1.35. The molecular weight excluding hydrogens is 164 g/mol. The standard InChI is InChI=1S/C8H5F2NO/c9-6-1-2-7(12)5(3-4-11)8(6)10/h1-2,12H,3H2. The summed E-state index contributed by atoms with van der Waals surface area (Å²) in [4.78, 5) is 0. The second kappa shape index (κ2) is 3.18. The van der Waals surface area contributed by atoms with Crippen molar-refractivity contribution < 1.29 is 13.9 Å². The molecule has 2 nitrogen and oxygen atoms in total. The van der Waals surface area contributed by atoms with Gasteiger partial charge < -0.3 is 5.11 Å². The van der Waals surface area contributed by atoms with Crippen molar-refractivity contribution in [3.63, 3.8) is 0 Å². The molecule has 1 rings (SSSR count). The molecule has 1 aromatic rings. The summed E-state index contributed by atoms with van der Waals surface area (Å²) in [6.07, 6.45) is -0.338. The number of aromatic hydroxyl groups is 1. The summed E-state index contributed by atoms with van der Waals surface area (Å²) in [5.74, 6) is -2.61. The highest BCUT2D eigenvalue weighted by molar-refractivity contribution is 5.35. The lowest BCUT2D eigenvalue weighted by atomic mass is 10.1. The maximum absolute atomic E-state index is 12.8. The normalized spacial score (nSPS) is 9.42. The van der Waals surface area contributed by atoms with Crippen molar-refractivity contribution in [3.8, 4) is 11.8 Å². The first kappa shape index (κ1) is 8.47. The quantitative estimate of drug-likeness (QED) is 0.695. The van der Waals surface area contributed by atoms with Crippen molar-refractivity contribution in [1.29, 1.82) is 5.26 Å². The van der Waals surface area contributed by atoms with E-state index in [-0.39, 0.29) is 12.0 Å². The van der Waals surface area contributed by atoms with Crippen molar-refractivity contribution >= 4 is 0 Å². The van der Waals surface area contributed by atoms with Crippen LogP contribution in [0.1, 0.15) is 5.56 Å². The summed E-state index contributed by atoms with van der Waals surface area (Å²) in [7, 11) is 0. The zero-order valence-corrected chi connectivity index (χ0v) is 6.01. The van der Waals surface area contributed by atoms with E-state index < -0.39 is 17.4 Å². The van der Waals surface area contributed by atoms with Gasteiger partial charge in [0, 0.05) is 5.56 Å². The van der Waals surface area contributed by atoms with Gasteiger partial charge >= 0.3 is 0 Å². The SMILES string of the molecule is N#CCc1c(O)ccc(F)c1F. The molecule has 0 bridgehead atoms. The van der Waals surface area contributed by atoms with Crippen LogP contribution in [-0.2, 0) is 6.42 Å². The van der Waals surface area contributed by atoms with Gasteiger partial charge in [-0.2, -0.15) is 5.26 Å². The summed E-state index contributed by atoms with van der Waals surface area (Å²) in [6, 6.07) is 3.46. The number of benzene rings is 1. The summed E-state index contributed by atoms with van der Waals surface area (Å²) >= 11 is 0. The van der Waals surface area contributed by atoms with Crippen LogP contribution < -0.4 is 0 Å². The molecule has 0 atom stereocenters. The molecule has 1 aromatic carbocycles. The van der Waals surface area contributed by atoms with Gasteiger partial charge in [0.25, 0.3) is 0 Å². The van der Waals surface area contributed by atoms with Crippen LogP contribution in [0.3, 0.4) is 0 Å². The Morgan fingerprint density at radius 2 is 2.08 bits per heavy atom. The number of rotatable bonds is 1. The minimum absolute atomic E-state index is 0.294. The minimum atomic E-state index is -1.16.